The monoisotopic (exact) mass is 209 g/mol. The lowest BCUT2D eigenvalue weighted by molar-refractivity contribution is -0.134. The Balaban J connectivity index is 3.38. The number of nitrogens with zero attached hydrogens (tertiary/aromatic N) is 1. The predicted molar refractivity (Wildman–Crippen MR) is 51.1 cm³/mol. The molecule has 1 amide bonds. The van der Waals surface area contributed by atoms with Crippen molar-refractivity contribution in [2.45, 2.75) is 0 Å². The molecule has 0 aliphatic carbocycles. The minimum atomic E-state index is -0.0586. The van der Waals surface area contributed by atoms with Gasteiger partial charge in [-0.25, -0.2) is 0 Å². The summed E-state index contributed by atoms with van der Waals surface area (Å²) in [4.78, 5) is 12.7. The molecule has 0 N–H and O–H groups in total. The van der Waals surface area contributed by atoms with E-state index in [1.807, 2.05) is 0 Å². The van der Waals surface area contributed by atoms with Gasteiger partial charge in [0.2, 0.25) is 5.91 Å². The number of hydrogen-bond donors (Lipinski definition) is 0. The summed E-state index contributed by atoms with van der Waals surface area (Å²) in [6, 6.07) is 0. The van der Waals surface area contributed by atoms with Crippen LogP contribution in [0.25, 0.3) is 0 Å². The molecule has 0 saturated carbocycles. The van der Waals surface area contributed by atoms with Crippen molar-refractivity contribution in [1.82, 2.24) is 4.90 Å². The molecule has 0 aromatic carbocycles. The summed E-state index contributed by atoms with van der Waals surface area (Å²) in [5, 5.41) is 0. The van der Waals surface area contributed by atoms with Crippen molar-refractivity contribution < 1.29 is 14.3 Å². The number of carbonyl (C=O) groups is 1. The second-order valence-corrected chi connectivity index (χ2v) is 2.93. The molecule has 0 aromatic rings. The van der Waals surface area contributed by atoms with E-state index in [9.17, 15) is 4.79 Å². The van der Waals surface area contributed by atoms with Crippen molar-refractivity contribution in [2.75, 3.05) is 46.4 Å². The second kappa shape index (κ2) is 8.29. The van der Waals surface area contributed by atoms with Crippen LogP contribution in [0.2, 0.25) is 0 Å². The number of amides is 1. The smallest absolute Gasteiger partial charge is 0.248 e. The molecule has 0 aromatic heterocycles. The molecule has 4 nitrogen and oxygen atoms in total. The molecule has 0 spiro atoms. The number of carbonyl (C=O) groups excluding carboxylic acids is 1. The highest BCUT2D eigenvalue weighted by Crippen LogP contribution is 1.88. The van der Waals surface area contributed by atoms with Crippen LogP contribution in [-0.4, -0.2) is 57.2 Å². The van der Waals surface area contributed by atoms with E-state index in [-0.39, 0.29) is 12.5 Å². The van der Waals surface area contributed by atoms with Gasteiger partial charge in [-0.05, 0) is 0 Å². The molecule has 0 saturated heterocycles. The van der Waals surface area contributed by atoms with Gasteiger partial charge in [-0.15, -0.1) is 11.6 Å². The van der Waals surface area contributed by atoms with E-state index in [0.717, 1.165) is 0 Å². The Kier molecular flexibility index (Phi) is 8.08. The average Bonchev–Trinajstić information content (AvgIpc) is 2.12. The van der Waals surface area contributed by atoms with Gasteiger partial charge in [-0.1, -0.05) is 0 Å². The van der Waals surface area contributed by atoms with Crippen molar-refractivity contribution in [2.24, 2.45) is 0 Å². The van der Waals surface area contributed by atoms with Gasteiger partial charge in [0.05, 0.1) is 13.2 Å². The summed E-state index contributed by atoms with van der Waals surface area (Å²) < 4.78 is 9.80. The Morgan fingerprint density at radius 1 is 1.46 bits per heavy atom. The molecule has 0 radical (unpaired) electrons. The van der Waals surface area contributed by atoms with Gasteiger partial charge in [0.15, 0.2) is 0 Å². The van der Waals surface area contributed by atoms with E-state index >= 15 is 0 Å². The summed E-state index contributed by atoms with van der Waals surface area (Å²) >= 11 is 5.47. The molecule has 0 bridgehead atoms. The molecule has 0 aliphatic rings. The fourth-order valence-corrected chi connectivity index (χ4v) is 0.917. The van der Waals surface area contributed by atoms with Crippen molar-refractivity contribution in [3.63, 3.8) is 0 Å². The third-order valence-electron chi connectivity index (χ3n) is 1.50. The first kappa shape index (κ1) is 12.7. The molecular weight excluding hydrogens is 194 g/mol. The number of ether oxygens (including phenoxy) is 2. The fraction of sp³-hybridized carbons (Fsp3) is 0.875. The SMILES string of the molecule is COCCOCC(=O)N(C)CCCl. The Labute approximate surface area is 83.7 Å². The van der Waals surface area contributed by atoms with E-state index in [0.29, 0.717) is 25.6 Å². The molecule has 5 heteroatoms. The highest BCUT2D eigenvalue weighted by molar-refractivity contribution is 6.18. The fourth-order valence-electron chi connectivity index (χ4n) is 0.663. The maximum absolute atomic E-state index is 11.2. The van der Waals surface area contributed by atoms with Gasteiger partial charge in [0, 0.05) is 26.6 Å². The second-order valence-electron chi connectivity index (χ2n) is 2.55. The van der Waals surface area contributed by atoms with Crippen LogP contribution < -0.4 is 0 Å². The Hall–Kier alpha value is -0.320. The molecule has 13 heavy (non-hydrogen) atoms. The molecule has 0 aliphatic heterocycles. The van der Waals surface area contributed by atoms with Gasteiger partial charge in [0.1, 0.15) is 6.61 Å². The molecular formula is C8H16ClNO3. The summed E-state index contributed by atoms with van der Waals surface area (Å²) in [5.41, 5.74) is 0. The Morgan fingerprint density at radius 2 is 2.15 bits per heavy atom. The highest BCUT2D eigenvalue weighted by Gasteiger charge is 2.06. The lowest BCUT2D eigenvalue weighted by Gasteiger charge is -2.15. The minimum absolute atomic E-state index is 0.0586. The summed E-state index contributed by atoms with van der Waals surface area (Å²) in [5.74, 6) is 0.386. The van der Waals surface area contributed by atoms with Crippen LogP contribution in [0.1, 0.15) is 0 Å². The van der Waals surface area contributed by atoms with Gasteiger partial charge >= 0.3 is 0 Å². The zero-order chi connectivity index (χ0) is 10.1. The Bertz CT molecular complexity index is 143. The van der Waals surface area contributed by atoms with Crippen molar-refractivity contribution in [3.8, 4) is 0 Å². The first-order valence-corrected chi connectivity index (χ1v) is 4.62. The van der Waals surface area contributed by atoms with Crippen LogP contribution in [0, 0.1) is 0 Å². The maximum Gasteiger partial charge on any atom is 0.248 e. The summed E-state index contributed by atoms with van der Waals surface area (Å²) in [6.45, 7) is 1.59. The van der Waals surface area contributed by atoms with Gasteiger partial charge < -0.3 is 14.4 Å². The predicted octanol–water partition coefficient (Wildman–Crippen LogP) is 0.347. The van der Waals surface area contributed by atoms with E-state index in [1.165, 1.54) is 0 Å². The zero-order valence-corrected chi connectivity index (χ0v) is 8.84. The number of likely N-dealkylation sites (N-methyl/N-ethyl adjacent to an activating group) is 1. The molecule has 0 heterocycles. The van der Waals surface area contributed by atoms with Gasteiger partial charge in [-0.2, -0.15) is 0 Å². The lowest BCUT2D eigenvalue weighted by Crippen LogP contribution is -2.32. The molecule has 0 fully saturated rings. The molecule has 0 atom stereocenters. The van der Waals surface area contributed by atoms with Crippen LogP contribution in [-0.2, 0) is 14.3 Å². The molecule has 0 unspecified atom stereocenters. The van der Waals surface area contributed by atoms with Gasteiger partial charge in [-0.3, -0.25) is 4.79 Å². The molecule has 0 rings (SSSR count). The summed E-state index contributed by atoms with van der Waals surface area (Å²) in [6.07, 6.45) is 0. The quantitative estimate of drug-likeness (QED) is 0.449. The summed E-state index contributed by atoms with van der Waals surface area (Å²) in [7, 11) is 3.29. The third-order valence-corrected chi connectivity index (χ3v) is 1.67. The number of hydrogen-bond acceptors (Lipinski definition) is 3. The zero-order valence-electron chi connectivity index (χ0n) is 8.09. The van der Waals surface area contributed by atoms with E-state index < -0.39 is 0 Å². The van der Waals surface area contributed by atoms with E-state index in [4.69, 9.17) is 21.1 Å². The third kappa shape index (κ3) is 6.81. The first-order chi connectivity index (χ1) is 6.22. The van der Waals surface area contributed by atoms with Crippen molar-refractivity contribution in [1.29, 1.82) is 0 Å². The number of methoxy groups -OCH3 is 1. The average molecular weight is 210 g/mol. The van der Waals surface area contributed by atoms with Crippen LogP contribution in [0.3, 0.4) is 0 Å². The first-order valence-electron chi connectivity index (χ1n) is 4.09. The van der Waals surface area contributed by atoms with E-state index in [1.54, 1.807) is 19.1 Å². The standard InChI is InChI=1S/C8H16ClNO3/c1-10(4-3-9)8(11)7-13-6-5-12-2/h3-7H2,1-2H3. The van der Waals surface area contributed by atoms with Crippen LogP contribution in [0.15, 0.2) is 0 Å². The number of alkyl halides is 1. The highest BCUT2D eigenvalue weighted by atomic mass is 35.5. The normalized spacial score (nSPS) is 10.1. The number of halogens is 1. The maximum atomic E-state index is 11.2. The molecule has 78 valence electrons. The topological polar surface area (TPSA) is 38.8 Å². The van der Waals surface area contributed by atoms with Crippen molar-refractivity contribution in [3.05, 3.63) is 0 Å². The van der Waals surface area contributed by atoms with Crippen molar-refractivity contribution >= 4 is 17.5 Å². The lowest BCUT2D eigenvalue weighted by atomic mass is 10.5. The Morgan fingerprint density at radius 3 is 2.69 bits per heavy atom. The largest absolute Gasteiger partial charge is 0.382 e. The van der Waals surface area contributed by atoms with Crippen LogP contribution >= 0.6 is 11.6 Å². The van der Waals surface area contributed by atoms with E-state index in [2.05, 4.69) is 0 Å². The van der Waals surface area contributed by atoms with Crippen LogP contribution in [0.4, 0.5) is 0 Å². The minimum Gasteiger partial charge on any atom is -0.382 e. The van der Waals surface area contributed by atoms with Gasteiger partial charge in [0.25, 0.3) is 0 Å². The number of rotatable bonds is 7. The van der Waals surface area contributed by atoms with Crippen LogP contribution in [0.5, 0.6) is 0 Å².